The number of hydrogen-bond acceptors (Lipinski definition) is 5. The van der Waals surface area contributed by atoms with Crippen LogP contribution in [0.2, 0.25) is 0 Å². The lowest BCUT2D eigenvalue weighted by molar-refractivity contribution is -0.143. The molecule has 1 saturated heterocycles. The molecule has 1 aromatic heterocycles. The number of nitrogens with zero attached hydrogens (tertiary/aromatic N) is 2. The maximum Gasteiger partial charge on any atom is 0.249 e. The van der Waals surface area contributed by atoms with Crippen molar-refractivity contribution in [3.05, 3.63) is 35.8 Å². The molecule has 1 aliphatic carbocycles. The number of methoxy groups -OCH3 is 1. The topological polar surface area (TPSA) is 74.7 Å². The molecule has 1 aliphatic heterocycles. The van der Waals surface area contributed by atoms with Crippen molar-refractivity contribution in [1.82, 2.24) is 15.4 Å². The summed E-state index contributed by atoms with van der Waals surface area (Å²) in [5.41, 5.74) is 2.65. The molecule has 2 heterocycles. The molecular weight excluding hydrogens is 433 g/mol. The third kappa shape index (κ3) is 5.69. The number of hydroxylamine groups is 1. The fourth-order valence-corrected chi connectivity index (χ4v) is 5.94. The van der Waals surface area contributed by atoms with Crippen LogP contribution in [0.3, 0.4) is 0 Å². The first-order chi connectivity index (χ1) is 16.5. The standard InChI is InChI=1S/C27H38FN3O3/c1-34-21-9-10-25-23(18-21)22(24(28)19-29-25)8-5-12-27(26(32)30-33)13-16-31(17-14-27)15-11-20-6-3-2-4-7-20/h9-10,18-20,33H,2-8,11-17H2,1H3,(H,30,32). The van der Waals surface area contributed by atoms with E-state index in [2.05, 4.69) is 9.88 Å². The molecule has 34 heavy (non-hydrogen) atoms. The zero-order valence-corrected chi connectivity index (χ0v) is 20.3. The lowest BCUT2D eigenvalue weighted by atomic mass is 9.73. The van der Waals surface area contributed by atoms with Crippen molar-refractivity contribution >= 4 is 16.8 Å². The van der Waals surface area contributed by atoms with E-state index in [9.17, 15) is 14.4 Å². The van der Waals surface area contributed by atoms with Crippen molar-refractivity contribution in [3.63, 3.8) is 0 Å². The Labute approximate surface area is 201 Å². The van der Waals surface area contributed by atoms with Gasteiger partial charge in [-0.25, -0.2) is 9.87 Å². The monoisotopic (exact) mass is 471 g/mol. The fraction of sp³-hybridized carbons (Fsp3) is 0.630. The van der Waals surface area contributed by atoms with Gasteiger partial charge in [0, 0.05) is 5.39 Å². The number of aromatic nitrogens is 1. The van der Waals surface area contributed by atoms with E-state index in [0.717, 1.165) is 49.3 Å². The van der Waals surface area contributed by atoms with Crippen LogP contribution in [-0.2, 0) is 11.2 Å². The van der Waals surface area contributed by atoms with Crippen molar-refractivity contribution in [2.75, 3.05) is 26.7 Å². The second kappa shape index (κ2) is 11.5. The van der Waals surface area contributed by atoms with Gasteiger partial charge in [0.1, 0.15) is 11.6 Å². The van der Waals surface area contributed by atoms with Crippen LogP contribution in [0.5, 0.6) is 5.75 Å². The van der Waals surface area contributed by atoms with Gasteiger partial charge >= 0.3 is 0 Å². The lowest BCUT2D eigenvalue weighted by Gasteiger charge is -2.40. The van der Waals surface area contributed by atoms with Crippen LogP contribution in [0.4, 0.5) is 4.39 Å². The molecule has 0 radical (unpaired) electrons. The van der Waals surface area contributed by atoms with Crippen LogP contribution in [0.25, 0.3) is 10.9 Å². The van der Waals surface area contributed by atoms with Gasteiger partial charge in [0.05, 0.1) is 24.2 Å². The van der Waals surface area contributed by atoms with Gasteiger partial charge < -0.3 is 9.64 Å². The summed E-state index contributed by atoms with van der Waals surface area (Å²) in [6.07, 6.45) is 12.6. The van der Waals surface area contributed by atoms with E-state index in [4.69, 9.17) is 4.74 Å². The quantitative estimate of drug-likeness (QED) is 0.385. The molecule has 0 unspecified atom stereocenters. The number of amides is 1. The average molecular weight is 472 g/mol. The Balaban J connectivity index is 1.37. The van der Waals surface area contributed by atoms with Crippen molar-refractivity contribution in [2.45, 2.75) is 70.6 Å². The van der Waals surface area contributed by atoms with Gasteiger partial charge in [-0.1, -0.05) is 32.1 Å². The summed E-state index contributed by atoms with van der Waals surface area (Å²) >= 11 is 0. The van der Waals surface area contributed by atoms with Gasteiger partial charge in [-0.3, -0.25) is 15.0 Å². The molecule has 4 rings (SSSR count). The highest BCUT2D eigenvalue weighted by atomic mass is 19.1. The Morgan fingerprint density at radius 2 is 2.03 bits per heavy atom. The van der Waals surface area contributed by atoms with Gasteiger partial charge in [-0.05, 0) is 87.8 Å². The number of hydrogen-bond donors (Lipinski definition) is 2. The van der Waals surface area contributed by atoms with E-state index in [1.807, 2.05) is 23.7 Å². The Hall–Kier alpha value is -2.25. The lowest BCUT2D eigenvalue weighted by Crippen LogP contribution is -2.48. The zero-order valence-electron chi connectivity index (χ0n) is 20.3. The number of pyridine rings is 1. The first-order valence-electron chi connectivity index (χ1n) is 12.8. The van der Waals surface area contributed by atoms with Gasteiger partial charge in [-0.15, -0.1) is 0 Å². The van der Waals surface area contributed by atoms with E-state index in [1.54, 1.807) is 7.11 Å². The Kier molecular flexibility index (Phi) is 8.37. The second-order valence-corrected chi connectivity index (χ2v) is 10.2. The molecule has 2 N–H and O–H groups in total. The summed E-state index contributed by atoms with van der Waals surface area (Å²) in [4.78, 5) is 19.4. The molecule has 2 aliphatic rings. The van der Waals surface area contributed by atoms with Gasteiger partial charge in [0.25, 0.3) is 0 Å². The third-order valence-corrected chi connectivity index (χ3v) is 8.19. The second-order valence-electron chi connectivity index (χ2n) is 10.2. The number of likely N-dealkylation sites (tertiary alicyclic amines) is 1. The van der Waals surface area contributed by atoms with Crippen molar-refractivity contribution in [3.8, 4) is 5.75 Å². The number of carbonyl (C=O) groups excluding carboxylic acids is 1. The minimum atomic E-state index is -0.604. The SMILES string of the molecule is COc1ccc2ncc(F)c(CCCC3(C(=O)NO)CCN(CCC4CCCCC4)CC3)c2c1. The zero-order chi connectivity index (χ0) is 24.0. The number of carbonyl (C=O) groups is 1. The predicted molar refractivity (Wildman–Crippen MR) is 130 cm³/mol. The molecule has 1 aromatic carbocycles. The maximum absolute atomic E-state index is 14.7. The number of halogens is 1. The summed E-state index contributed by atoms with van der Waals surface area (Å²) in [5, 5.41) is 10.2. The minimum Gasteiger partial charge on any atom is -0.497 e. The number of fused-ring (bicyclic) bond motifs is 1. The number of piperidine rings is 1. The van der Waals surface area contributed by atoms with E-state index in [1.165, 1.54) is 44.7 Å². The summed E-state index contributed by atoms with van der Waals surface area (Å²) in [7, 11) is 1.59. The summed E-state index contributed by atoms with van der Waals surface area (Å²) < 4.78 is 20.0. The van der Waals surface area contributed by atoms with E-state index in [-0.39, 0.29) is 11.7 Å². The summed E-state index contributed by atoms with van der Waals surface area (Å²) in [5.74, 6) is 0.878. The molecule has 1 amide bonds. The van der Waals surface area contributed by atoms with Crippen LogP contribution >= 0.6 is 0 Å². The molecule has 7 heteroatoms. The number of aryl methyl sites for hydroxylation is 1. The largest absolute Gasteiger partial charge is 0.497 e. The first kappa shape index (κ1) is 24.9. The average Bonchev–Trinajstić information content (AvgIpc) is 2.89. The highest BCUT2D eigenvalue weighted by molar-refractivity contribution is 5.84. The predicted octanol–water partition coefficient (Wildman–Crippen LogP) is 5.26. The van der Waals surface area contributed by atoms with Crippen molar-refractivity contribution in [2.24, 2.45) is 11.3 Å². The Morgan fingerprint density at radius 3 is 2.74 bits per heavy atom. The molecule has 1 saturated carbocycles. The fourth-order valence-electron chi connectivity index (χ4n) is 5.94. The number of rotatable bonds is 9. The molecule has 6 nitrogen and oxygen atoms in total. The highest BCUT2D eigenvalue weighted by Gasteiger charge is 2.40. The first-order valence-corrected chi connectivity index (χ1v) is 12.8. The van der Waals surface area contributed by atoms with Crippen LogP contribution in [-0.4, -0.2) is 47.7 Å². The normalized spacial score (nSPS) is 19.3. The smallest absolute Gasteiger partial charge is 0.249 e. The number of ether oxygens (including phenoxy) is 1. The molecule has 186 valence electrons. The number of nitrogens with one attached hydrogen (secondary N) is 1. The van der Waals surface area contributed by atoms with Gasteiger partial charge in [0.2, 0.25) is 5.91 Å². The Morgan fingerprint density at radius 1 is 1.26 bits per heavy atom. The molecule has 2 aromatic rings. The third-order valence-electron chi connectivity index (χ3n) is 8.19. The van der Waals surface area contributed by atoms with Gasteiger partial charge in [0.15, 0.2) is 0 Å². The van der Waals surface area contributed by atoms with Crippen LogP contribution < -0.4 is 10.2 Å². The van der Waals surface area contributed by atoms with Crippen LogP contribution in [0.1, 0.15) is 69.8 Å². The Bertz CT molecular complexity index is 969. The number of benzene rings is 1. The highest BCUT2D eigenvalue weighted by Crippen LogP contribution is 2.38. The maximum atomic E-state index is 14.7. The van der Waals surface area contributed by atoms with E-state index in [0.29, 0.717) is 30.6 Å². The molecule has 0 spiro atoms. The summed E-state index contributed by atoms with van der Waals surface area (Å²) in [6.45, 7) is 2.82. The van der Waals surface area contributed by atoms with Crippen molar-refractivity contribution < 1.29 is 19.1 Å². The van der Waals surface area contributed by atoms with Crippen molar-refractivity contribution in [1.29, 1.82) is 0 Å². The van der Waals surface area contributed by atoms with Crippen LogP contribution in [0.15, 0.2) is 24.4 Å². The molecule has 2 fully saturated rings. The van der Waals surface area contributed by atoms with Crippen LogP contribution in [0, 0.1) is 17.2 Å². The van der Waals surface area contributed by atoms with E-state index >= 15 is 0 Å². The molecule has 0 bridgehead atoms. The van der Waals surface area contributed by atoms with Gasteiger partial charge in [-0.2, -0.15) is 0 Å². The molecular formula is C27H38FN3O3. The summed E-state index contributed by atoms with van der Waals surface area (Å²) in [6, 6.07) is 5.47. The molecule has 0 atom stereocenters. The van der Waals surface area contributed by atoms with E-state index < -0.39 is 5.41 Å². The minimum absolute atomic E-state index is 0.304.